The first kappa shape index (κ1) is 15.6. The SMILES string of the molecule is COc1ccc2nc(NNC(=O)c3ccccc3SC)sc2c1. The minimum absolute atomic E-state index is 0.188. The molecular weight excluding hydrogens is 330 g/mol. The van der Waals surface area contributed by atoms with Gasteiger partial charge in [0.15, 0.2) is 0 Å². The Kier molecular flexibility index (Phi) is 4.68. The Morgan fingerprint density at radius 3 is 2.87 bits per heavy atom. The smallest absolute Gasteiger partial charge is 0.270 e. The minimum Gasteiger partial charge on any atom is -0.497 e. The summed E-state index contributed by atoms with van der Waals surface area (Å²) >= 11 is 2.99. The summed E-state index contributed by atoms with van der Waals surface area (Å²) in [5.41, 5.74) is 7.07. The zero-order valence-corrected chi connectivity index (χ0v) is 14.3. The number of rotatable bonds is 5. The van der Waals surface area contributed by atoms with Gasteiger partial charge in [-0.2, -0.15) is 0 Å². The van der Waals surface area contributed by atoms with Gasteiger partial charge in [0.25, 0.3) is 5.91 Å². The summed E-state index contributed by atoms with van der Waals surface area (Å²) in [6.07, 6.45) is 1.94. The second-order valence-electron chi connectivity index (χ2n) is 4.63. The van der Waals surface area contributed by atoms with Crippen LogP contribution in [0.1, 0.15) is 10.4 Å². The molecule has 7 heteroatoms. The Labute approximate surface area is 142 Å². The number of hydrazine groups is 1. The highest BCUT2D eigenvalue weighted by atomic mass is 32.2. The van der Waals surface area contributed by atoms with Gasteiger partial charge in [-0.05, 0) is 36.6 Å². The van der Waals surface area contributed by atoms with Crippen molar-refractivity contribution in [2.75, 3.05) is 18.8 Å². The molecule has 1 amide bonds. The normalized spacial score (nSPS) is 10.5. The number of amides is 1. The first-order valence-corrected chi connectivity index (χ1v) is 8.89. The van der Waals surface area contributed by atoms with Crippen molar-refractivity contribution in [3.8, 4) is 5.75 Å². The van der Waals surface area contributed by atoms with Crippen molar-refractivity contribution in [2.24, 2.45) is 0 Å². The van der Waals surface area contributed by atoms with Gasteiger partial charge in [0.05, 0.1) is 22.9 Å². The third-order valence-corrected chi connectivity index (χ3v) is 4.96. The quantitative estimate of drug-likeness (QED) is 0.544. The number of hydrogen-bond donors (Lipinski definition) is 2. The van der Waals surface area contributed by atoms with Gasteiger partial charge < -0.3 is 4.74 Å². The van der Waals surface area contributed by atoms with Crippen LogP contribution in [0, 0.1) is 0 Å². The number of fused-ring (bicyclic) bond motifs is 1. The maximum absolute atomic E-state index is 12.3. The van der Waals surface area contributed by atoms with Crippen LogP contribution in [0.15, 0.2) is 47.4 Å². The van der Waals surface area contributed by atoms with Crippen molar-refractivity contribution in [3.05, 3.63) is 48.0 Å². The average Bonchev–Trinajstić information content (AvgIpc) is 3.01. The topological polar surface area (TPSA) is 63.2 Å². The highest BCUT2D eigenvalue weighted by Crippen LogP contribution is 2.28. The van der Waals surface area contributed by atoms with E-state index in [1.165, 1.54) is 23.1 Å². The molecule has 118 valence electrons. The molecule has 3 aromatic rings. The lowest BCUT2D eigenvalue weighted by Gasteiger charge is -2.08. The van der Waals surface area contributed by atoms with Crippen LogP contribution in [0.3, 0.4) is 0 Å². The van der Waals surface area contributed by atoms with Gasteiger partial charge in [-0.3, -0.25) is 15.6 Å². The molecule has 23 heavy (non-hydrogen) atoms. The number of anilines is 1. The Hall–Kier alpha value is -2.25. The van der Waals surface area contributed by atoms with Crippen molar-refractivity contribution < 1.29 is 9.53 Å². The van der Waals surface area contributed by atoms with Gasteiger partial charge in [0, 0.05) is 4.90 Å². The van der Waals surface area contributed by atoms with Gasteiger partial charge in [0.1, 0.15) is 5.75 Å². The lowest BCUT2D eigenvalue weighted by atomic mass is 10.2. The van der Waals surface area contributed by atoms with Crippen LogP contribution in [0.5, 0.6) is 5.75 Å². The van der Waals surface area contributed by atoms with Gasteiger partial charge >= 0.3 is 0 Å². The first-order chi connectivity index (χ1) is 11.2. The van der Waals surface area contributed by atoms with Crippen molar-refractivity contribution in [2.45, 2.75) is 4.90 Å². The fraction of sp³-hybridized carbons (Fsp3) is 0.125. The molecule has 5 nitrogen and oxygen atoms in total. The number of hydrogen-bond acceptors (Lipinski definition) is 6. The summed E-state index contributed by atoms with van der Waals surface area (Å²) in [5.74, 6) is 0.595. The van der Waals surface area contributed by atoms with E-state index in [2.05, 4.69) is 15.8 Å². The molecule has 0 aliphatic heterocycles. The molecule has 0 radical (unpaired) electrons. The number of thioether (sulfide) groups is 1. The van der Waals surface area contributed by atoms with Gasteiger partial charge in [0.2, 0.25) is 5.13 Å². The highest BCUT2D eigenvalue weighted by Gasteiger charge is 2.11. The van der Waals surface area contributed by atoms with Crippen LogP contribution in [0.2, 0.25) is 0 Å². The van der Waals surface area contributed by atoms with Crippen molar-refractivity contribution in [1.29, 1.82) is 0 Å². The minimum atomic E-state index is -0.188. The molecule has 0 atom stereocenters. The van der Waals surface area contributed by atoms with E-state index in [1.807, 2.05) is 42.7 Å². The van der Waals surface area contributed by atoms with Crippen LogP contribution in [0.25, 0.3) is 10.2 Å². The molecule has 1 aromatic heterocycles. The lowest BCUT2D eigenvalue weighted by molar-refractivity contribution is 0.0960. The van der Waals surface area contributed by atoms with Crippen LogP contribution < -0.4 is 15.6 Å². The molecule has 0 saturated heterocycles. The molecule has 0 aliphatic rings. The third kappa shape index (κ3) is 3.40. The van der Waals surface area contributed by atoms with E-state index in [9.17, 15) is 4.79 Å². The van der Waals surface area contributed by atoms with Crippen LogP contribution >= 0.6 is 23.1 Å². The molecule has 1 heterocycles. The molecule has 0 unspecified atom stereocenters. The molecule has 0 fully saturated rings. The number of nitrogens with one attached hydrogen (secondary N) is 2. The Morgan fingerprint density at radius 2 is 2.09 bits per heavy atom. The van der Waals surface area contributed by atoms with Gasteiger partial charge in [-0.15, -0.1) is 11.8 Å². The number of thiazole rings is 1. The second kappa shape index (κ2) is 6.89. The van der Waals surface area contributed by atoms with E-state index in [1.54, 1.807) is 13.2 Å². The van der Waals surface area contributed by atoms with E-state index < -0.39 is 0 Å². The second-order valence-corrected chi connectivity index (χ2v) is 6.51. The van der Waals surface area contributed by atoms with E-state index in [4.69, 9.17) is 4.74 Å². The lowest BCUT2D eigenvalue weighted by Crippen LogP contribution is -2.29. The van der Waals surface area contributed by atoms with Gasteiger partial charge in [-0.25, -0.2) is 4.98 Å². The third-order valence-electron chi connectivity index (χ3n) is 3.23. The predicted octanol–water partition coefficient (Wildman–Crippen LogP) is 3.78. The van der Waals surface area contributed by atoms with E-state index in [0.29, 0.717) is 10.7 Å². The van der Waals surface area contributed by atoms with E-state index >= 15 is 0 Å². The fourth-order valence-electron chi connectivity index (χ4n) is 2.10. The predicted molar refractivity (Wildman–Crippen MR) is 95.5 cm³/mol. The van der Waals surface area contributed by atoms with Gasteiger partial charge in [-0.1, -0.05) is 23.5 Å². The monoisotopic (exact) mass is 345 g/mol. The number of carbonyl (C=O) groups is 1. The maximum atomic E-state index is 12.3. The average molecular weight is 345 g/mol. The fourth-order valence-corrected chi connectivity index (χ4v) is 3.54. The number of ether oxygens (including phenoxy) is 1. The van der Waals surface area contributed by atoms with Crippen molar-refractivity contribution >= 4 is 44.4 Å². The summed E-state index contributed by atoms with van der Waals surface area (Å²) in [6.45, 7) is 0. The summed E-state index contributed by atoms with van der Waals surface area (Å²) in [5, 5.41) is 0.628. The molecule has 0 aliphatic carbocycles. The molecule has 0 bridgehead atoms. The Morgan fingerprint density at radius 1 is 1.26 bits per heavy atom. The molecular formula is C16H15N3O2S2. The Balaban J connectivity index is 1.74. The summed E-state index contributed by atoms with van der Waals surface area (Å²) in [6, 6.07) is 13.1. The number of aromatic nitrogens is 1. The number of carbonyl (C=O) groups excluding carboxylic acids is 1. The standard InChI is InChI=1S/C16H15N3O2S2/c1-21-10-7-8-12-14(9-10)23-16(17-12)19-18-15(20)11-5-3-4-6-13(11)22-2/h3-9H,1-2H3,(H,17,19)(H,18,20). The molecule has 2 aromatic carbocycles. The number of benzene rings is 2. The van der Waals surface area contributed by atoms with Crippen molar-refractivity contribution in [1.82, 2.24) is 10.4 Å². The van der Waals surface area contributed by atoms with Crippen LogP contribution in [-0.2, 0) is 0 Å². The summed E-state index contributed by atoms with van der Waals surface area (Å²) < 4.78 is 6.19. The summed E-state index contributed by atoms with van der Waals surface area (Å²) in [4.78, 5) is 17.6. The zero-order valence-electron chi connectivity index (χ0n) is 12.6. The largest absolute Gasteiger partial charge is 0.497 e. The molecule has 3 rings (SSSR count). The van der Waals surface area contributed by atoms with Crippen LogP contribution in [-0.4, -0.2) is 24.3 Å². The molecule has 2 N–H and O–H groups in total. The van der Waals surface area contributed by atoms with E-state index in [-0.39, 0.29) is 5.91 Å². The molecule has 0 saturated carbocycles. The summed E-state index contributed by atoms with van der Waals surface area (Å²) in [7, 11) is 1.63. The Bertz CT molecular complexity index is 848. The molecule has 0 spiro atoms. The first-order valence-electron chi connectivity index (χ1n) is 6.85. The maximum Gasteiger partial charge on any atom is 0.270 e. The number of methoxy groups -OCH3 is 1. The van der Waals surface area contributed by atoms with Crippen molar-refractivity contribution in [3.63, 3.8) is 0 Å². The van der Waals surface area contributed by atoms with E-state index in [0.717, 1.165) is 20.9 Å². The zero-order chi connectivity index (χ0) is 16.2. The highest BCUT2D eigenvalue weighted by molar-refractivity contribution is 7.98. The van der Waals surface area contributed by atoms with Crippen LogP contribution in [0.4, 0.5) is 5.13 Å². The number of nitrogens with zero attached hydrogens (tertiary/aromatic N) is 1.